The fourth-order valence-electron chi connectivity index (χ4n) is 2.35. The molecule has 2 rings (SSSR count). The Bertz CT molecular complexity index is 325. The maximum absolute atomic E-state index is 11.6. The maximum Gasteiger partial charge on any atom is 0.337 e. The fourth-order valence-corrected chi connectivity index (χ4v) is 2.35. The second-order valence-corrected chi connectivity index (χ2v) is 3.74. The average Bonchev–Trinajstić information content (AvgIpc) is 2.57. The summed E-state index contributed by atoms with van der Waals surface area (Å²) < 4.78 is 0. The van der Waals surface area contributed by atoms with Gasteiger partial charge in [-0.25, -0.2) is 4.79 Å². The normalized spacial score (nSPS) is 31.9. The van der Waals surface area contributed by atoms with Crippen molar-refractivity contribution in [3.8, 4) is 0 Å². The molecule has 76 valence electrons. The molecule has 2 saturated heterocycles. The molecule has 2 fully saturated rings. The molecule has 2 aliphatic rings. The molecule has 0 aromatic rings. The molecule has 0 aromatic carbocycles. The minimum absolute atomic E-state index is 0.0711. The number of amides is 1. The molecule has 0 saturated carbocycles. The second kappa shape index (κ2) is 2.80. The summed E-state index contributed by atoms with van der Waals surface area (Å²) in [5.74, 6) is -1.69. The lowest BCUT2D eigenvalue weighted by atomic mass is 9.85. The van der Waals surface area contributed by atoms with Crippen molar-refractivity contribution in [1.82, 2.24) is 4.90 Å². The van der Waals surface area contributed by atoms with E-state index in [0.29, 0.717) is 13.0 Å². The van der Waals surface area contributed by atoms with Gasteiger partial charge in [-0.3, -0.25) is 9.59 Å². The van der Waals surface area contributed by atoms with Crippen LogP contribution in [-0.4, -0.2) is 39.7 Å². The number of hydrogen-bond acceptors (Lipinski definition) is 3. The van der Waals surface area contributed by atoms with Crippen LogP contribution in [0.25, 0.3) is 0 Å². The summed E-state index contributed by atoms with van der Waals surface area (Å²) in [6.45, 7) is 0.400. The van der Waals surface area contributed by atoms with E-state index in [1.807, 2.05) is 0 Å². The fraction of sp³-hybridized carbons (Fsp3) is 0.667. The highest BCUT2D eigenvalue weighted by molar-refractivity contribution is 6.13. The lowest BCUT2D eigenvalue weighted by Gasteiger charge is -2.36. The summed E-state index contributed by atoms with van der Waals surface area (Å²) in [5, 5.41) is 9.07. The van der Waals surface area contributed by atoms with Crippen LogP contribution in [0.2, 0.25) is 0 Å². The molecule has 0 unspecified atom stereocenters. The van der Waals surface area contributed by atoms with Crippen molar-refractivity contribution in [2.45, 2.75) is 31.2 Å². The first-order chi connectivity index (χ1) is 6.59. The molecule has 0 spiro atoms. The Morgan fingerprint density at radius 2 is 2.07 bits per heavy atom. The van der Waals surface area contributed by atoms with Gasteiger partial charge in [0.25, 0.3) is 0 Å². The van der Waals surface area contributed by atoms with Crippen LogP contribution in [0, 0.1) is 0 Å². The lowest BCUT2D eigenvalue weighted by molar-refractivity contribution is -0.165. The zero-order chi connectivity index (χ0) is 10.3. The van der Waals surface area contributed by atoms with Crippen molar-refractivity contribution in [3.63, 3.8) is 0 Å². The quantitative estimate of drug-likeness (QED) is 0.590. The molecule has 1 amide bonds. The second-order valence-electron chi connectivity index (χ2n) is 3.74. The molecule has 1 N–H and O–H groups in total. The highest BCUT2D eigenvalue weighted by atomic mass is 16.4. The summed E-state index contributed by atoms with van der Waals surface area (Å²) in [4.78, 5) is 35.4. The van der Waals surface area contributed by atoms with Crippen LogP contribution in [-0.2, 0) is 14.4 Å². The highest BCUT2D eigenvalue weighted by Gasteiger charge is 2.57. The van der Waals surface area contributed by atoms with Crippen LogP contribution in [0.15, 0.2) is 0 Å². The first kappa shape index (κ1) is 9.18. The number of carbonyl (C=O) groups is 3. The van der Waals surface area contributed by atoms with Gasteiger partial charge < -0.3 is 10.0 Å². The smallest absolute Gasteiger partial charge is 0.337 e. The Balaban J connectivity index is 2.45. The largest absolute Gasteiger partial charge is 0.479 e. The standard InChI is InChI=1S/C9H11NO4/c11-6-2-3-7(12)10-5-1-4-9(6,10)8(13)14/h1-5H2,(H,13,14)/t9-/m1/s1. The van der Waals surface area contributed by atoms with E-state index in [1.54, 1.807) is 0 Å². The van der Waals surface area contributed by atoms with Gasteiger partial charge in [-0.05, 0) is 12.8 Å². The first-order valence-corrected chi connectivity index (χ1v) is 4.66. The summed E-state index contributed by atoms with van der Waals surface area (Å²) in [7, 11) is 0. The van der Waals surface area contributed by atoms with E-state index in [4.69, 9.17) is 5.11 Å². The monoisotopic (exact) mass is 197 g/mol. The minimum Gasteiger partial charge on any atom is -0.479 e. The Morgan fingerprint density at radius 1 is 1.36 bits per heavy atom. The zero-order valence-corrected chi connectivity index (χ0v) is 7.65. The van der Waals surface area contributed by atoms with Gasteiger partial charge in [0.2, 0.25) is 5.91 Å². The van der Waals surface area contributed by atoms with Crippen molar-refractivity contribution < 1.29 is 19.5 Å². The number of hydrogen-bond donors (Lipinski definition) is 1. The predicted octanol–water partition coefficient (Wildman–Crippen LogP) is -0.205. The Kier molecular flexibility index (Phi) is 1.83. The topological polar surface area (TPSA) is 74.7 Å². The molecular weight excluding hydrogens is 186 g/mol. The van der Waals surface area contributed by atoms with Gasteiger partial charge in [0, 0.05) is 19.4 Å². The number of carboxylic acids is 1. The van der Waals surface area contributed by atoms with Crippen LogP contribution < -0.4 is 0 Å². The van der Waals surface area contributed by atoms with E-state index in [2.05, 4.69) is 0 Å². The molecule has 5 heteroatoms. The average molecular weight is 197 g/mol. The number of piperidine rings is 1. The van der Waals surface area contributed by atoms with E-state index in [9.17, 15) is 14.4 Å². The lowest BCUT2D eigenvalue weighted by Crippen LogP contribution is -2.61. The van der Waals surface area contributed by atoms with Crippen molar-refractivity contribution in [2.24, 2.45) is 0 Å². The molecule has 2 heterocycles. The van der Waals surface area contributed by atoms with Gasteiger partial charge in [-0.1, -0.05) is 0 Å². The molecule has 0 aromatic heterocycles. The van der Waals surface area contributed by atoms with Crippen molar-refractivity contribution in [3.05, 3.63) is 0 Å². The molecule has 2 aliphatic heterocycles. The molecule has 0 bridgehead atoms. The van der Waals surface area contributed by atoms with Gasteiger partial charge >= 0.3 is 5.97 Å². The number of ketones is 1. The maximum atomic E-state index is 11.6. The van der Waals surface area contributed by atoms with Gasteiger partial charge in [0.1, 0.15) is 0 Å². The van der Waals surface area contributed by atoms with Crippen molar-refractivity contribution in [2.75, 3.05) is 6.54 Å². The number of fused-ring (bicyclic) bond motifs is 1. The Labute approximate surface area is 80.7 Å². The molecular formula is C9H11NO4. The number of aliphatic carboxylic acids is 1. The van der Waals surface area contributed by atoms with Gasteiger partial charge in [-0.15, -0.1) is 0 Å². The summed E-state index contributed by atoms with van der Waals surface area (Å²) in [5.41, 5.74) is -1.52. The third-order valence-electron chi connectivity index (χ3n) is 3.06. The third kappa shape index (κ3) is 0.921. The Morgan fingerprint density at radius 3 is 2.64 bits per heavy atom. The van der Waals surface area contributed by atoms with E-state index in [-0.39, 0.29) is 31.0 Å². The summed E-state index contributed by atoms with van der Waals surface area (Å²) in [6, 6.07) is 0. The molecule has 5 nitrogen and oxygen atoms in total. The predicted molar refractivity (Wildman–Crippen MR) is 45.6 cm³/mol. The van der Waals surface area contributed by atoms with Crippen LogP contribution >= 0.6 is 0 Å². The van der Waals surface area contributed by atoms with Crippen LogP contribution in [0.1, 0.15) is 25.7 Å². The number of carbonyl (C=O) groups excluding carboxylic acids is 2. The molecule has 14 heavy (non-hydrogen) atoms. The SMILES string of the molecule is O=C1CCC(=O)[C@@]2(C(=O)O)CCCN12. The third-order valence-corrected chi connectivity index (χ3v) is 3.06. The Hall–Kier alpha value is -1.39. The number of carboxylic acid groups (broad SMARTS) is 1. The van der Waals surface area contributed by atoms with Gasteiger partial charge in [-0.2, -0.15) is 0 Å². The van der Waals surface area contributed by atoms with E-state index >= 15 is 0 Å². The summed E-state index contributed by atoms with van der Waals surface area (Å²) in [6.07, 6.45) is 1.10. The van der Waals surface area contributed by atoms with E-state index < -0.39 is 11.5 Å². The van der Waals surface area contributed by atoms with E-state index in [1.165, 1.54) is 4.90 Å². The number of rotatable bonds is 1. The molecule has 0 radical (unpaired) electrons. The number of nitrogens with zero attached hydrogens (tertiary/aromatic N) is 1. The summed E-state index contributed by atoms with van der Waals surface area (Å²) >= 11 is 0. The number of Topliss-reactive ketones (excluding diaryl/α,β-unsaturated/α-hetero) is 1. The minimum atomic E-state index is -1.52. The zero-order valence-electron chi connectivity index (χ0n) is 7.65. The van der Waals surface area contributed by atoms with Crippen molar-refractivity contribution >= 4 is 17.7 Å². The van der Waals surface area contributed by atoms with Crippen LogP contribution in [0.4, 0.5) is 0 Å². The van der Waals surface area contributed by atoms with Crippen LogP contribution in [0.3, 0.4) is 0 Å². The first-order valence-electron chi connectivity index (χ1n) is 4.66. The molecule has 1 atom stereocenters. The van der Waals surface area contributed by atoms with Gasteiger partial charge in [0.15, 0.2) is 11.3 Å². The highest BCUT2D eigenvalue weighted by Crippen LogP contribution is 2.35. The van der Waals surface area contributed by atoms with Gasteiger partial charge in [0.05, 0.1) is 0 Å². The van der Waals surface area contributed by atoms with Crippen molar-refractivity contribution in [1.29, 1.82) is 0 Å². The molecule has 0 aliphatic carbocycles. The van der Waals surface area contributed by atoms with Crippen LogP contribution in [0.5, 0.6) is 0 Å². The van der Waals surface area contributed by atoms with E-state index in [0.717, 1.165) is 0 Å².